The zero-order valence-corrected chi connectivity index (χ0v) is 17.9. The van der Waals surface area contributed by atoms with Crippen molar-refractivity contribution in [3.63, 3.8) is 0 Å². The predicted molar refractivity (Wildman–Crippen MR) is 115 cm³/mol. The smallest absolute Gasteiger partial charge is 0.332 e. The van der Waals surface area contributed by atoms with Crippen molar-refractivity contribution in [1.29, 1.82) is 0 Å². The molecule has 0 amide bonds. The lowest BCUT2D eigenvalue weighted by Crippen LogP contribution is -2.40. The zero-order valence-electron chi connectivity index (χ0n) is 17.9. The van der Waals surface area contributed by atoms with Crippen molar-refractivity contribution >= 4 is 11.5 Å². The van der Waals surface area contributed by atoms with Crippen LogP contribution >= 0.6 is 0 Å². The Kier molecular flexibility index (Phi) is 9.09. The fourth-order valence-corrected chi connectivity index (χ4v) is 3.89. The lowest BCUT2D eigenvalue weighted by atomic mass is 10.0. The second-order valence-electron chi connectivity index (χ2n) is 8.20. The molecule has 0 bridgehead atoms. The summed E-state index contributed by atoms with van der Waals surface area (Å²) in [4.78, 5) is 27.0. The predicted octanol–water partition coefficient (Wildman–Crippen LogP) is 3.04. The van der Waals surface area contributed by atoms with E-state index in [9.17, 15) is 14.7 Å². The molecule has 2 heterocycles. The van der Waals surface area contributed by atoms with Gasteiger partial charge in [0.05, 0.1) is 12.8 Å². The second-order valence-corrected chi connectivity index (χ2v) is 8.20. The van der Waals surface area contributed by atoms with E-state index in [4.69, 9.17) is 0 Å². The summed E-state index contributed by atoms with van der Waals surface area (Å²) in [5.74, 6) is 0.625. The Morgan fingerprint density at radius 2 is 1.46 bits per heavy atom. The third-order valence-corrected chi connectivity index (χ3v) is 5.64. The van der Waals surface area contributed by atoms with Crippen molar-refractivity contribution in [1.82, 2.24) is 9.13 Å². The number of rotatable bonds is 13. The molecule has 1 aliphatic heterocycles. The summed E-state index contributed by atoms with van der Waals surface area (Å²) in [7, 11) is 3.58. The van der Waals surface area contributed by atoms with Crippen molar-refractivity contribution < 1.29 is 5.11 Å². The van der Waals surface area contributed by atoms with Crippen LogP contribution < -0.4 is 21.5 Å². The van der Waals surface area contributed by atoms with Gasteiger partial charge in [-0.05, 0) is 19.8 Å². The highest BCUT2D eigenvalue weighted by Gasteiger charge is 2.24. The monoisotopic (exact) mass is 394 g/mol. The van der Waals surface area contributed by atoms with Crippen LogP contribution in [0.2, 0.25) is 0 Å². The van der Waals surface area contributed by atoms with Gasteiger partial charge in [-0.25, -0.2) is 4.79 Å². The Labute approximate surface area is 168 Å². The number of fused-ring (bicyclic) bond motifs is 1. The molecule has 0 aromatic carbocycles. The first-order chi connectivity index (χ1) is 13.4. The van der Waals surface area contributed by atoms with E-state index in [-0.39, 0.29) is 17.4 Å². The molecule has 0 fully saturated rings. The quantitative estimate of drug-likeness (QED) is 0.503. The summed E-state index contributed by atoms with van der Waals surface area (Å²) >= 11 is 0. The molecule has 1 aromatic rings. The summed E-state index contributed by atoms with van der Waals surface area (Å²) in [6.07, 6.45) is 12.5. The van der Waals surface area contributed by atoms with Gasteiger partial charge in [0.15, 0.2) is 0 Å². The lowest BCUT2D eigenvalue weighted by molar-refractivity contribution is 0.180. The molecular weight excluding hydrogens is 356 g/mol. The fraction of sp³-hybridized carbons (Fsp3) is 0.810. The number of aliphatic hydroxyl groups is 1. The van der Waals surface area contributed by atoms with Crippen molar-refractivity contribution in [3.8, 4) is 0 Å². The maximum absolute atomic E-state index is 12.6. The minimum absolute atomic E-state index is 0.162. The maximum Gasteiger partial charge on any atom is 0.332 e. The average molecular weight is 395 g/mol. The number of unbranched alkanes of at least 4 members (excludes halogenated alkanes) is 9. The number of nitrogens with one attached hydrogen (secondary N) is 1. The van der Waals surface area contributed by atoms with E-state index in [0.29, 0.717) is 24.7 Å². The number of aliphatic hydroxyl groups excluding tert-OH is 1. The lowest BCUT2D eigenvalue weighted by Gasteiger charge is -2.13. The van der Waals surface area contributed by atoms with E-state index in [0.717, 1.165) is 32.1 Å². The molecule has 0 radical (unpaired) electrons. The van der Waals surface area contributed by atoms with Crippen LogP contribution in [-0.4, -0.2) is 34.1 Å². The fourth-order valence-electron chi connectivity index (χ4n) is 3.89. The van der Waals surface area contributed by atoms with Gasteiger partial charge in [0.1, 0.15) is 11.5 Å². The van der Waals surface area contributed by atoms with E-state index >= 15 is 0 Å². The van der Waals surface area contributed by atoms with Crippen LogP contribution in [0.4, 0.5) is 11.5 Å². The third-order valence-electron chi connectivity index (χ3n) is 5.64. The van der Waals surface area contributed by atoms with Gasteiger partial charge in [0.25, 0.3) is 5.56 Å². The van der Waals surface area contributed by atoms with Gasteiger partial charge >= 0.3 is 5.69 Å². The molecule has 0 aliphatic carbocycles. The number of anilines is 2. The van der Waals surface area contributed by atoms with Gasteiger partial charge in [-0.3, -0.25) is 13.9 Å². The van der Waals surface area contributed by atoms with Gasteiger partial charge in [-0.15, -0.1) is 0 Å². The average Bonchev–Trinajstić information content (AvgIpc) is 3.04. The van der Waals surface area contributed by atoms with Crippen LogP contribution in [0, 0.1) is 0 Å². The molecule has 1 atom stereocenters. The van der Waals surface area contributed by atoms with E-state index in [2.05, 4.69) is 5.32 Å². The van der Waals surface area contributed by atoms with Crippen LogP contribution in [0.5, 0.6) is 0 Å². The van der Waals surface area contributed by atoms with Crippen LogP contribution in [0.3, 0.4) is 0 Å². The van der Waals surface area contributed by atoms with Crippen LogP contribution in [0.25, 0.3) is 0 Å². The van der Waals surface area contributed by atoms with E-state index in [1.165, 1.54) is 43.1 Å². The summed E-state index contributed by atoms with van der Waals surface area (Å²) in [5, 5.41) is 12.3. The van der Waals surface area contributed by atoms with E-state index in [1.54, 1.807) is 11.6 Å². The van der Waals surface area contributed by atoms with Crippen LogP contribution in [0.1, 0.15) is 77.6 Å². The molecule has 28 heavy (non-hydrogen) atoms. The minimum Gasteiger partial charge on any atom is -0.393 e. The molecule has 0 saturated carbocycles. The highest BCUT2D eigenvalue weighted by molar-refractivity contribution is 5.69. The number of hydrogen-bond donors (Lipinski definition) is 2. The van der Waals surface area contributed by atoms with Crippen molar-refractivity contribution in [3.05, 3.63) is 20.8 Å². The van der Waals surface area contributed by atoms with E-state index < -0.39 is 0 Å². The van der Waals surface area contributed by atoms with Gasteiger partial charge in [-0.2, -0.15) is 0 Å². The molecule has 1 aromatic heterocycles. The van der Waals surface area contributed by atoms with Gasteiger partial charge in [-0.1, -0.05) is 57.8 Å². The highest BCUT2D eigenvalue weighted by atomic mass is 16.3. The molecule has 0 saturated heterocycles. The van der Waals surface area contributed by atoms with Gasteiger partial charge in [0.2, 0.25) is 0 Å². The minimum atomic E-state index is -0.234. The van der Waals surface area contributed by atoms with Crippen molar-refractivity contribution in [2.45, 2.75) is 90.2 Å². The first-order valence-corrected chi connectivity index (χ1v) is 10.9. The first-order valence-electron chi connectivity index (χ1n) is 10.9. The summed E-state index contributed by atoms with van der Waals surface area (Å²) < 4.78 is 2.93. The number of aromatic nitrogens is 2. The molecule has 2 rings (SSSR count). The second kappa shape index (κ2) is 11.3. The van der Waals surface area contributed by atoms with Crippen LogP contribution in [-0.2, 0) is 13.6 Å². The number of nitrogens with zero attached hydrogens (tertiary/aromatic N) is 3. The molecule has 1 aliphatic rings. The topological polar surface area (TPSA) is 79.5 Å². The molecule has 7 nitrogen and oxygen atoms in total. The van der Waals surface area contributed by atoms with Crippen LogP contribution in [0.15, 0.2) is 9.59 Å². The Morgan fingerprint density at radius 3 is 2.04 bits per heavy atom. The van der Waals surface area contributed by atoms with Gasteiger partial charge in [0, 0.05) is 20.6 Å². The Balaban J connectivity index is 1.62. The Bertz CT molecular complexity index is 724. The van der Waals surface area contributed by atoms with Gasteiger partial charge < -0.3 is 15.3 Å². The third kappa shape index (κ3) is 6.12. The highest BCUT2D eigenvalue weighted by Crippen LogP contribution is 2.23. The number of hydrogen-bond acceptors (Lipinski definition) is 5. The molecule has 2 N–H and O–H groups in total. The summed E-state index contributed by atoms with van der Waals surface area (Å²) in [6, 6.07) is 0. The summed E-state index contributed by atoms with van der Waals surface area (Å²) in [6.45, 7) is 2.91. The molecule has 0 spiro atoms. The molecule has 7 heteroatoms. The maximum atomic E-state index is 12.6. The first kappa shape index (κ1) is 22.5. The normalized spacial score (nSPS) is 14.2. The Morgan fingerprint density at radius 1 is 0.929 bits per heavy atom. The van der Waals surface area contributed by atoms with Crippen molar-refractivity contribution in [2.75, 3.05) is 23.9 Å². The SMILES string of the molecule is CC(O)CCCCCCCCCCCCn1c(=O)c2c(n(C)c1=O)NCN2C. The zero-order chi connectivity index (χ0) is 20.5. The molecule has 1 unspecified atom stereocenters. The Hall–Kier alpha value is -1.76. The molecule has 160 valence electrons. The van der Waals surface area contributed by atoms with E-state index in [1.807, 2.05) is 18.9 Å². The summed E-state index contributed by atoms with van der Waals surface area (Å²) in [5.41, 5.74) is 0.180. The standard InChI is InChI=1S/C21H38N4O3/c1-17(26)14-12-10-8-6-4-5-7-9-11-13-15-25-20(27)18-19(22-16-23(18)2)24(3)21(25)28/h17,22,26H,4-16H2,1-3H3. The largest absolute Gasteiger partial charge is 0.393 e. The van der Waals surface area contributed by atoms with Crippen molar-refractivity contribution in [2.24, 2.45) is 7.05 Å². The molecular formula is C21H38N4O3.